The lowest BCUT2D eigenvalue weighted by atomic mass is 10.2. The Morgan fingerprint density at radius 3 is 2.50 bits per heavy atom. The van der Waals surface area contributed by atoms with Crippen molar-refractivity contribution in [1.29, 1.82) is 0 Å². The first-order chi connectivity index (χ1) is 11.3. The summed E-state index contributed by atoms with van der Waals surface area (Å²) in [6.45, 7) is -0.246. The van der Waals surface area contributed by atoms with Gasteiger partial charge in [-0.2, -0.15) is 13.2 Å². The van der Waals surface area contributed by atoms with Gasteiger partial charge in [-0.05, 0) is 36.4 Å². The van der Waals surface area contributed by atoms with Gasteiger partial charge in [-0.15, -0.1) is 0 Å². The van der Waals surface area contributed by atoms with Crippen LogP contribution in [0.15, 0.2) is 58.0 Å². The number of aromatic nitrogens is 2. The van der Waals surface area contributed by atoms with Gasteiger partial charge in [0, 0.05) is 11.8 Å². The summed E-state index contributed by atoms with van der Waals surface area (Å²) in [5.41, 5.74) is -1.87. The molecule has 2 aromatic heterocycles. The number of rotatable bonds is 3. The van der Waals surface area contributed by atoms with Crippen LogP contribution < -0.4 is 5.56 Å². The zero-order valence-electron chi connectivity index (χ0n) is 12.0. The normalized spacial score (nSPS) is 11.7. The summed E-state index contributed by atoms with van der Waals surface area (Å²) in [6.07, 6.45) is -2.14. The van der Waals surface area contributed by atoms with Gasteiger partial charge in [0.2, 0.25) is 5.89 Å². The topological polar surface area (TPSA) is 48.0 Å². The van der Waals surface area contributed by atoms with Crippen molar-refractivity contribution in [3.8, 4) is 11.3 Å². The van der Waals surface area contributed by atoms with Gasteiger partial charge in [-0.25, -0.2) is 9.37 Å². The van der Waals surface area contributed by atoms with Crippen molar-refractivity contribution >= 4 is 0 Å². The van der Waals surface area contributed by atoms with Gasteiger partial charge in [0.05, 0.1) is 6.20 Å². The maximum absolute atomic E-state index is 12.9. The number of hydrogen-bond acceptors (Lipinski definition) is 3. The fourth-order valence-corrected chi connectivity index (χ4v) is 2.15. The lowest BCUT2D eigenvalue weighted by molar-refractivity contribution is -0.139. The minimum absolute atomic E-state index is 0.0655. The maximum atomic E-state index is 12.9. The van der Waals surface area contributed by atoms with E-state index in [1.165, 1.54) is 36.7 Å². The van der Waals surface area contributed by atoms with Crippen LogP contribution in [0.3, 0.4) is 0 Å². The molecule has 0 unspecified atom stereocenters. The molecule has 0 amide bonds. The summed E-state index contributed by atoms with van der Waals surface area (Å²) in [6, 6.07) is 7.31. The first kappa shape index (κ1) is 16.0. The number of halogens is 4. The summed E-state index contributed by atoms with van der Waals surface area (Å²) in [7, 11) is 0. The van der Waals surface area contributed by atoms with Crippen molar-refractivity contribution in [2.45, 2.75) is 12.7 Å². The van der Waals surface area contributed by atoms with E-state index in [1.807, 2.05) is 0 Å². The van der Waals surface area contributed by atoms with Crippen LogP contribution in [0.5, 0.6) is 0 Å². The van der Waals surface area contributed by atoms with E-state index in [0.717, 1.165) is 16.7 Å². The Morgan fingerprint density at radius 2 is 1.83 bits per heavy atom. The quantitative estimate of drug-likeness (QED) is 0.684. The summed E-state index contributed by atoms with van der Waals surface area (Å²) < 4.78 is 57.4. The molecule has 0 saturated heterocycles. The van der Waals surface area contributed by atoms with E-state index < -0.39 is 23.1 Å². The van der Waals surface area contributed by atoms with E-state index in [1.54, 1.807) is 0 Å². The number of alkyl halides is 3. The van der Waals surface area contributed by atoms with Crippen LogP contribution in [-0.4, -0.2) is 9.55 Å². The number of benzene rings is 1. The molecule has 1 aromatic carbocycles. The van der Waals surface area contributed by atoms with Gasteiger partial charge in [-0.1, -0.05) is 0 Å². The van der Waals surface area contributed by atoms with Gasteiger partial charge >= 0.3 is 6.18 Å². The average Bonchev–Trinajstić information content (AvgIpc) is 2.97. The summed E-state index contributed by atoms with van der Waals surface area (Å²) in [4.78, 5) is 15.8. The molecule has 0 N–H and O–H groups in total. The first-order valence-electron chi connectivity index (χ1n) is 6.82. The van der Waals surface area contributed by atoms with Crippen LogP contribution in [0.2, 0.25) is 0 Å². The van der Waals surface area contributed by atoms with E-state index in [0.29, 0.717) is 11.3 Å². The lowest BCUT2D eigenvalue weighted by Gasteiger charge is -2.08. The van der Waals surface area contributed by atoms with Crippen molar-refractivity contribution in [1.82, 2.24) is 9.55 Å². The number of pyridine rings is 1. The third-order valence-electron chi connectivity index (χ3n) is 3.31. The standard InChI is InChI=1S/C16H10F4N2O2/c17-11-5-3-10(4-6-11)13-8-21-14(24-13)9-22-7-1-2-12(15(22)23)16(18,19)20/h1-8H,9H2. The van der Waals surface area contributed by atoms with Crippen LogP contribution in [0.25, 0.3) is 11.3 Å². The van der Waals surface area contributed by atoms with Crippen LogP contribution in [0.1, 0.15) is 11.5 Å². The van der Waals surface area contributed by atoms with Crippen LogP contribution in [0.4, 0.5) is 17.6 Å². The molecule has 4 nitrogen and oxygen atoms in total. The Kier molecular flexibility index (Phi) is 3.96. The molecule has 24 heavy (non-hydrogen) atoms. The zero-order valence-corrected chi connectivity index (χ0v) is 12.0. The highest BCUT2D eigenvalue weighted by molar-refractivity contribution is 5.55. The van der Waals surface area contributed by atoms with Gasteiger partial charge in [0.15, 0.2) is 5.76 Å². The second-order valence-corrected chi connectivity index (χ2v) is 4.98. The predicted octanol–water partition coefficient (Wildman–Crippen LogP) is 3.71. The van der Waals surface area contributed by atoms with Crippen LogP contribution >= 0.6 is 0 Å². The van der Waals surface area contributed by atoms with Crippen LogP contribution in [-0.2, 0) is 12.7 Å². The van der Waals surface area contributed by atoms with Gasteiger partial charge in [0.1, 0.15) is 17.9 Å². The van der Waals surface area contributed by atoms with Crippen LogP contribution in [0, 0.1) is 5.82 Å². The molecule has 3 aromatic rings. The Balaban J connectivity index is 1.88. The van der Waals surface area contributed by atoms with Gasteiger partial charge in [-0.3, -0.25) is 4.79 Å². The number of nitrogens with zero attached hydrogens (tertiary/aromatic N) is 2. The first-order valence-corrected chi connectivity index (χ1v) is 6.82. The smallest absolute Gasteiger partial charge is 0.421 e. The highest BCUT2D eigenvalue weighted by Gasteiger charge is 2.34. The lowest BCUT2D eigenvalue weighted by Crippen LogP contribution is -2.28. The molecule has 124 valence electrons. The van der Waals surface area contributed by atoms with Gasteiger partial charge in [0.25, 0.3) is 5.56 Å². The molecular weight excluding hydrogens is 328 g/mol. The van der Waals surface area contributed by atoms with E-state index in [9.17, 15) is 22.4 Å². The molecule has 0 atom stereocenters. The monoisotopic (exact) mass is 338 g/mol. The van der Waals surface area contributed by atoms with Gasteiger partial charge < -0.3 is 8.98 Å². The summed E-state index contributed by atoms with van der Waals surface area (Å²) in [5.74, 6) is -0.0187. The second-order valence-electron chi connectivity index (χ2n) is 4.98. The van der Waals surface area contributed by atoms with Crippen molar-refractivity contribution < 1.29 is 22.0 Å². The molecule has 0 aliphatic heterocycles. The Morgan fingerprint density at radius 1 is 1.12 bits per heavy atom. The van der Waals surface area contributed by atoms with E-state index in [2.05, 4.69) is 4.98 Å². The van der Waals surface area contributed by atoms with E-state index >= 15 is 0 Å². The largest absolute Gasteiger partial charge is 0.439 e. The minimum atomic E-state index is -4.73. The molecule has 0 bridgehead atoms. The highest BCUT2D eigenvalue weighted by Crippen LogP contribution is 2.26. The molecule has 3 rings (SSSR count). The molecule has 0 spiro atoms. The van der Waals surface area contributed by atoms with E-state index in [-0.39, 0.29) is 12.4 Å². The Labute approximate surface area is 133 Å². The van der Waals surface area contributed by atoms with Crippen molar-refractivity contribution in [2.24, 2.45) is 0 Å². The van der Waals surface area contributed by atoms with E-state index in [4.69, 9.17) is 4.42 Å². The molecule has 0 aliphatic rings. The minimum Gasteiger partial charge on any atom is -0.439 e. The predicted molar refractivity (Wildman–Crippen MR) is 76.7 cm³/mol. The third-order valence-corrected chi connectivity index (χ3v) is 3.31. The number of hydrogen-bond donors (Lipinski definition) is 0. The molecule has 0 aliphatic carbocycles. The Bertz CT molecular complexity index is 911. The zero-order chi connectivity index (χ0) is 17.3. The average molecular weight is 338 g/mol. The molecule has 0 fully saturated rings. The second kappa shape index (κ2) is 5.95. The summed E-state index contributed by atoms with van der Waals surface area (Å²) >= 11 is 0. The molecule has 2 heterocycles. The molecular formula is C16H10F4N2O2. The van der Waals surface area contributed by atoms with Crippen molar-refractivity contribution in [3.05, 3.63) is 76.4 Å². The Hall–Kier alpha value is -2.90. The third kappa shape index (κ3) is 3.22. The molecule has 0 saturated carbocycles. The molecule has 8 heteroatoms. The maximum Gasteiger partial charge on any atom is 0.421 e. The summed E-state index contributed by atoms with van der Waals surface area (Å²) in [5, 5.41) is 0. The fourth-order valence-electron chi connectivity index (χ4n) is 2.15. The van der Waals surface area contributed by atoms with Crippen molar-refractivity contribution in [3.63, 3.8) is 0 Å². The fraction of sp³-hybridized carbons (Fsp3) is 0.125. The molecule has 0 radical (unpaired) electrons. The SMILES string of the molecule is O=c1c(C(F)(F)F)cccn1Cc1ncc(-c2ccc(F)cc2)o1. The highest BCUT2D eigenvalue weighted by atomic mass is 19.4. The number of oxazole rings is 1. The van der Waals surface area contributed by atoms with Crippen molar-refractivity contribution in [2.75, 3.05) is 0 Å².